The van der Waals surface area contributed by atoms with Crippen LogP contribution in [0.15, 0.2) is 83.6 Å². The second-order valence-electron chi connectivity index (χ2n) is 7.77. The number of phenols is 1. The van der Waals surface area contributed by atoms with E-state index in [4.69, 9.17) is 4.74 Å². The predicted octanol–water partition coefficient (Wildman–Crippen LogP) is 4.17. The fourth-order valence-electron chi connectivity index (χ4n) is 3.46. The van der Waals surface area contributed by atoms with Crippen molar-refractivity contribution in [1.82, 2.24) is 10.7 Å². The van der Waals surface area contributed by atoms with Crippen molar-refractivity contribution < 1.29 is 19.4 Å². The fraction of sp³-hybridized carbons (Fsp3) is 0.179. The van der Waals surface area contributed by atoms with E-state index in [0.29, 0.717) is 22.4 Å². The zero-order valence-corrected chi connectivity index (χ0v) is 20.6. The van der Waals surface area contributed by atoms with Crippen molar-refractivity contribution in [3.05, 3.63) is 95.2 Å². The first-order valence-corrected chi connectivity index (χ1v) is 11.6. The number of amides is 2. The van der Waals surface area contributed by atoms with E-state index in [0.717, 1.165) is 18.8 Å². The van der Waals surface area contributed by atoms with Crippen LogP contribution < -0.4 is 20.4 Å². The fourth-order valence-corrected chi connectivity index (χ4v) is 3.46. The topological polar surface area (TPSA) is 103 Å². The number of methoxy groups -OCH3 is 1. The number of nitrogens with one attached hydrogen (secondary N) is 2. The van der Waals surface area contributed by atoms with Crippen LogP contribution in [0.25, 0.3) is 6.08 Å². The Morgan fingerprint density at radius 2 is 1.69 bits per heavy atom. The van der Waals surface area contributed by atoms with Gasteiger partial charge in [-0.1, -0.05) is 30.3 Å². The molecule has 0 saturated heterocycles. The molecule has 0 radical (unpaired) electrons. The van der Waals surface area contributed by atoms with E-state index >= 15 is 0 Å². The highest BCUT2D eigenvalue weighted by Crippen LogP contribution is 2.23. The lowest BCUT2D eigenvalue weighted by Gasteiger charge is -2.21. The summed E-state index contributed by atoms with van der Waals surface area (Å²) in [5, 5.41) is 17.0. The summed E-state index contributed by atoms with van der Waals surface area (Å²) in [6.45, 7) is 5.72. The Kier molecular flexibility index (Phi) is 9.22. The van der Waals surface area contributed by atoms with Gasteiger partial charge in [-0.2, -0.15) is 5.10 Å². The maximum Gasteiger partial charge on any atom is 0.287 e. The molecular formula is C28H30N4O4. The Bertz CT molecular complexity index is 1230. The molecule has 0 bridgehead atoms. The molecule has 0 aliphatic rings. The average Bonchev–Trinajstić information content (AvgIpc) is 2.91. The summed E-state index contributed by atoms with van der Waals surface area (Å²) in [5.74, 6) is -0.337. The van der Waals surface area contributed by atoms with Gasteiger partial charge in [0.25, 0.3) is 11.8 Å². The molecule has 3 aromatic rings. The Morgan fingerprint density at radius 3 is 2.31 bits per heavy atom. The van der Waals surface area contributed by atoms with Gasteiger partial charge in [-0.15, -0.1) is 0 Å². The monoisotopic (exact) mass is 486 g/mol. The molecule has 3 aromatic carbocycles. The Labute approximate surface area is 210 Å². The third-order valence-corrected chi connectivity index (χ3v) is 5.47. The normalized spacial score (nSPS) is 11.2. The largest absolute Gasteiger partial charge is 0.507 e. The molecule has 0 saturated carbocycles. The number of benzene rings is 3. The SMILES string of the molecule is CCN(CC)c1ccc(/C=N/NC(=O)/C(=C/c2ccc(OC)cc2)NC(=O)c2ccccc2)c(O)c1. The van der Waals surface area contributed by atoms with Gasteiger partial charge in [0, 0.05) is 36.0 Å². The molecule has 2 amide bonds. The van der Waals surface area contributed by atoms with E-state index in [1.807, 2.05) is 19.9 Å². The number of hydrogen-bond donors (Lipinski definition) is 3. The molecular weight excluding hydrogens is 456 g/mol. The van der Waals surface area contributed by atoms with Crippen LogP contribution in [-0.2, 0) is 4.79 Å². The van der Waals surface area contributed by atoms with Crippen LogP contribution in [-0.4, -0.2) is 43.3 Å². The highest BCUT2D eigenvalue weighted by atomic mass is 16.5. The molecule has 0 heterocycles. The van der Waals surface area contributed by atoms with E-state index in [9.17, 15) is 14.7 Å². The van der Waals surface area contributed by atoms with Crippen LogP contribution >= 0.6 is 0 Å². The summed E-state index contributed by atoms with van der Waals surface area (Å²) in [4.78, 5) is 27.7. The molecule has 0 spiro atoms. The van der Waals surface area contributed by atoms with Crippen LogP contribution in [0.3, 0.4) is 0 Å². The Morgan fingerprint density at radius 1 is 1.00 bits per heavy atom. The zero-order valence-electron chi connectivity index (χ0n) is 20.6. The van der Waals surface area contributed by atoms with Crippen molar-refractivity contribution in [3.63, 3.8) is 0 Å². The lowest BCUT2D eigenvalue weighted by Crippen LogP contribution is -2.32. The number of ether oxygens (including phenoxy) is 1. The number of hydrogen-bond acceptors (Lipinski definition) is 6. The molecule has 0 aliphatic heterocycles. The van der Waals surface area contributed by atoms with Crippen molar-refractivity contribution in [1.29, 1.82) is 0 Å². The quantitative estimate of drug-likeness (QED) is 0.227. The number of phenolic OH excluding ortho intramolecular Hbond substituents is 1. The molecule has 36 heavy (non-hydrogen) atoms. The Hall–Kier alpha value is -4.59. The third-order valence-electron chi connectivity index (χ3n) is 5.47. The standard InChI is InChI=1S/C28H30N4O4/c1-4-32(5-2)23-14-13-22(26(33)18-23)19-29-31-28(35)25(17-20-11-15-24(36-3)16-12-20)30-27(34)21-9-7-6-8-10-21/h6-19,33H,4-5H2,1-3H3,(H,30,34)(H,31,35)/b25-17-,29-19+. The Balaban J connectivity index is 1.78. The third kappa shape index (κ3) is 6.96. The summed E-state index contributed by atoms with van der Waals surface area (Å²) < 4.78 is 5.17. The van der Waals surface area contributed by atoms with Gasteiger partial charge in [0.05, 0.1) is 13.3 Å². The van der Waals surface area contributed by atoms with Crippen molar-refractivity contribution >= 4 is 29.8 Å². The van der Waals surface area contributed by atoms with E-state index in [2.05, 4.69) is 20.7 Å². The zero-order chi connectivity index (χ0) is 25.9. The smallest absolute Gasteiger partial charge is 0.287 e. The maximum absolute atomic E-state index is 12.9. The second-order valence-corrected chi connectivity index (χ2v) is 7.77. The highest BCUT2D eigenvalue weighted by molar-refractivity contribution is 6.05. The first-order chi connectivity index (χ1) is 17.4. The van der Waals surface area contributed by atoms with E-state index < -0.39 is 11.8 Å². The lowest BCUT2D eigenvalue weighted by atomic mass is 10.1. The predicted molar refractivity (Wildman–Crippen MR) is 142 cm³/mol. The van der Waals surface area contributed by atoms with Crippen molar-refractivity contribution in [2.75, 3.05) is 25.1 Å². The molecule has 0 aliphatic carbocycles. The molecule has 0 atom stereocenters. The number of carbonyl (C=O) groups is 2. The van der Waals surface area contributed by atoms with E-state index in [-0.39, 0.29) is 11.4 Å². The van der Waals surface area contributed by atoms with Gasteiger partial charge in [-0.05, 0) is 61.9 Å². The highest BCUT2D eigenvalue weighted by Gasteiger charge is 2.14. The molecule has 3 rings (SSSR count). The molecule has 0 fully saturated rings. The number of carbonyl (C=O) groups excluding carboxylic acids is 2. The van der Waals surface area contributed by atoms with Gasteiger partial charge in [-0.25, -0.2) is 5.43 Å². The van der Waals surface area contributed by atoms with Gasteiger partial charge in [-0.3, -0.25) is 9.59 Å². The van der Waals surface area contributed by atoms with Crippen LogP contribution in [0.4, 0.5) is 5.69 Å². The average molecular weight is 487 g/mol. The number of anilines is 1. The van der Waals surface area contributed by atoms with E-state index in [1.54, 1.807) is 79.9 Å². The first-order valence-electron chi connectivity index (χ1n) is 11.6. The number of nitrogens with zero attached hydrogens (tertiary/aromatic N) is 2. The minimum Gasteiger partial charge on any atom is -0.507 e. The van der Waals surface area contributed by atoms with Crippen LogP contribution in [0.5, 0.6) is 11.5 Å². The van der Waals surface area contributed by atoms with E-state index in [1.165, 1.54) is 6.21 Å². The lowest BCUT2D eigenvalue weighted by molar-refractivity contribution is -0.117. The molecule has 8 nitrogen and oxygen atoms in total. The molecule has 186 valence electrons. The van der Waals surface area contributed by atoms with Crippen molar-refractivity contribution in [3.8, 4) is 11.5 Å². The summed E-state index contributed by atoms with van der Waals surface area (Å²) in [7, 11) is 1.57. The number of hydrazone groups is 1. The minimum atomic E-state index is -0.620. The summed E-state index contributed by atoms with van der Waals surface area (Å²) in [5.41, 5.74) is 4.86. The molecule has 8 heteroatoms. The van der Waals surface area contributed by atoms with Crippen LogP contribution in [0.1, 0.15) is 35.3 Å². The molecule has 0 unspecified atom stereocenters. The number of rotatable bonds is 10. The molecule has 0 aromatic heterocycles. The van der Waals surface area contributed by atoms with Crippen molar-refractivity contribution in [2.24, 2.45) is 5.10 Å². The second kappa shape index (κ2) is 12.8. The number of aromatic hydroxyl groups is 1. The van der Waals surface area contributed by atoms with Gasteiger partial charge in [0.2, 0.25) is 0 Å². The van der Waals surface area contributed by atoms with Gasteiger partial charge in [0.1, 0.15) is 17.2 Å². The van der Waals surface area contributed by atoms with Crippen LogP contribution in [0.2, 0.25) is 0 Å². The summed E-state index contributed by atoms with van der Waals surface area (Å²) >= 11 is 0. The summed E-state index contributed by atoms with van der Waals surface area (Å²) in [6, 6.07) is 20.9. The molecule has 3 N–H and O–H groups in total. The first kappa shape index (κ1) is 26.0. The van der Waals surface area contributed by atoms with Crippen LogP contribution in [0, 0.1) is 0 Å². The maximum atomic E-state index is 12.9. The minimum absolute atomic E-state index is 0.00673. The summed E-state index contributed by atoms with van der Waals surface area (Å²) in [6.07, 6.45) is 2.89. The van der Waals surface area contributed by atoms with Gasteiger partial charge in [0.15, 0.2) is 0 Å². The van der Waals surface area contributed by atoms with Crippen molar-refractivity contribution in [2.45, 2.75) is 13.8 Å². The van der Waals surface area contributed by atoms with Gasteiger partial charge >= 0.3 is 0 Å². The van der Waals surface area contributed by atoms with Gasteiger partial charge < -0.3 is 20.1 Å².